The number of para-hydroxylation sites is 2. The lowest BCUT2D eigenvalue weighted by molar-refractivity contribution is -0.122. The number of ether oxygens (including phenoxy) is 1. The number of amides is 1. The van der Waals surface area contributed by atoms with Crippen molar-refractivity contribution < 1.29 is 17.9 Å². The van der Waals surface area contributed by atoms with Gasteiger partial charge in [-0.1, -0.05) is 54.6 Å². The molecule has 7 heteroatoms. The third-order valence-corrected chi connectivity index (χ3v) is 4.71. The van der Waals surface area contributed by atoms with E-state index in [-0.39, 0.29) is 5.91 Å². The molecule has 1 atom stereocenters. The van der Waals surface area contributed by atoms with Crippen LogP contribution in [0.2, 0.25) is 0 Å². The van der Waals surface area contributed by atoms with Crippen molar-refractivity contribution in [3.05, 3.63) is 78.9 Å². The molecule has 2 N–H and O–H groups in total. The number of benzene rings is 3. The molecule has 0 spiro atoms. The molecule has 1 amide bonds. The third kappa shape index (κ3) is 5.83. The zero-order chi connectivity index (χ0) is 20.9. The van der Waals surface area contributed by atoms with Crippen LogP contribution < -0.4 is 14.8 Å². The van der Waals surface area contributed by atoms with Gasteiger partial charge in [0.2, 0.25) is 10.0 Å². The second-order valence-electron chi connectivity index (χ2n) is 6.56. The van der Waals surface area contributed by atoms with Crippen LogP contribution in [0, 0.1) is 0 Å². The first-order valence-electron chi connectivity index (χ1n) is 9.02. The number of carbonyl (C=O) groups excluding carboxylic acids is 1. The van der Waals surface area contributed by atoms with Crippen LogP contribution in [0.15, 0.2) is 78.9 Å². The van der Waals surface area contributed by atoms with Gasteiger partial charge >= 0.3 is 0 Å². The monoisotopic (exact) mass is 410 g/mol. The highest BCUT2D eigenvalue weighted by molar-refractivity contribution is 7.92. The Labute approximate surface area is 170 Å². The van der Waals surface area contributed by atoms with Gasteiger partial charge in [0.05, 0.1) is 17.6 Å². The van der Waals surface area contributed by atoms with Crippen LogP contribution >= 0.6 is 0 Å². The lowest BCUT2D eigenvalue weighted by Crippen LogP contribution is -2.30. The summed E-state index contributed by atoms with van der Waals surface area (Å²) < 4.78 is 31.1. The lowest BCUT2D eigenvalue weighted by atomic mass is 10.1. The number of hydrogen-bond acceptors (Lipinski definition) is 4. The fourth-order valence-corrected chi connectivity index (χ4v) is 3.31. The Balaban J connectivity index is 1.66. The summed E-state index contributed by atoms with van der Waals surface area (Å²) in [7, 11) is -3.46. The first-order valence-corrected chi connectivity index (χ1v) is 10.9. The van der Waals surface area contributed by atoms with Crippen LogP contribution in [0.4, 0.5) is 11.4 Å². The van der Waals surface area contributed by atoms with E-state index in [1.807, 2.05) is 54.6 Å². The molecular formula is C22H22N2O4S. The summed E-state index contributed by atoms with van der Waals surface area (Å²) in [4.78, 5) is 12.5. The fourth-order valence-electron chi connectivity index (χ4n) is 2.73. The first-order chi connectivity index (χ1) is 13.8. The van der Waals surface area contributed by atoms with Gasteiger partial charge in [0.15, 0.2) is 6.10 Å². The first kappa shape index (κ1) is 20.4. The predicted molar refractivity (Wildman–Crippen MR) is 116 cm³/mol. The van der Waals surface area contributed by atoms with Crippen molar-refractivity contribution in [3.63, 3.8) is 0 Å². The summed E-state index contributed by atoms with van der Waals surface area (Å²) in [6.45, 7) is 1.63. The van der Waals surface area contributed by atoms with E-state index in [9.17, 15) is 13.2 Å². The molecular weight excluding hydrogens is 388 g/mol. The molecule has 0 radical (unpaired) electrons. The van der Waals surface area contributed by atoms with E-state index >= 15 is 0 Å². The second-order valence-corrected chi connectivity index (χ2v) is 8.31. The van der Waals surface area contributed by atoms with Gasteiger partial charge in [0, 0.05) is 0 Å². The van der Waals surface area contributed by atoms with Crippen molar-refractivity contribution in [2.45, 2.75) is 13.0 Å². The number of anilines is 2. The van der Waals surface area contributed by atoms with Crippen molar-refractivity contribution in [3.8, 4) is 16.9 Å². The Morgan fingerprint density at radius 1 is 0.828 bits per heavy atom. The van der Waals surface area contributed by atoms with Crippen molar-refractivity contribution in [2.75, 3.05) is 16.3 Å². The molecule has 0 aliphatic heterocycles. The van der Waals surface area contributed by atoms with Gasteiger partial charge in [0.1, 0.15) is 5.75 Å². The van der Waals surface area contributed by atoms with Gasteiger partial charge in [-0.15, -0.1) is 0 Å². The molecule has 0 saturated carbocycles. The highest BCUT2D eigenvalue weighted by Crippen LogP contribution is 2.24. The molecule has 0 fully saturated rings. The quantitative estimate of drug-likeness (QED) is 0.613. The summed E-state index contributed by atoms with van der Waals surface area (Å²) in [6.07, 6.45) is 0.278. The Hall–Kier alpha value is -3.32. The number of nitrogens with one attached hydrogen (secondary N) is 2. The summed E-state index contributed by atoms with van der Waals surface area (Å²) in [5.74, 6) is 0.176. The maximum Gasteiger partial charge on any atom is 0.265 e. The maximum atomic E-state index is 12.5. The molecule has 0 aromatic heterocycles. The predicted octanol–water partition coefficient (Wildman–Crippen LogP) is 4.13. The van der Waals surface area contributed by atoms with Crippen molar-refractivity contribution in [2.24, 2.45) is 0 Å². The van der Waals surface area contributed by atoms with Crippen LogP contribution in [0.5, 0.6) is 5.75 Å². The standard InChI is InChI=1S/C22H22N2O4S/c1-16(22(25)23-20-10-6-7-11-21(20)24-29(2,26)27)28-19-14-12-18(13-15-19)17-8-4-3-5-9-17/h3-16,24H,1-2H3,(H,23,25). The molecule has 3 aromatic carbocycles. The van der Waals surface area contributed by atoms with E-state index in [1.54, 1.807) is 31.2 Å². The van der Waals surface area contributed by atoms with Crippen molar-refractivity contribution in [1.29, 1.82) is 0 Å². The Morgan fingerprint density at radius 3 is 2.00 bits per heavy atom. The Kier molecular flexibility index (Phi) is 6.19. The molecule has 0 heterocycles. The minimum Gasteiger partial charge on any atom is -0.481 e. The SMILES string of the molecule is CC(Oc1ccc(-c2ccccc2)cc1)C(=O)Nc1ccccc1NS(C)(=O)=O. The fraction of sp³-hybridized carbons (Fsp3) is 0.136. The lowest BCUT2D eigenvalue weighted by Gasteiger charge is -2.17. The zero-order valence-corrected chi connectivity index (χ0v) is 16.9. The summed E-state index contributed by atoms with van der Waals surface area (Å²) in [6, 6.07) is 24.0. The number of sulfonamides is 1. The van der Waals surface area contributed by atoms with Gasteiger partial charge in [-0.05, 0) is 42.3 Å². The van der Waals surface area contributed by atoms with E-state index in [2.05, 4.69) is 10.0 Å². The van der Waals surface area contributed by atoms with Gasteiger partial charge in [-0.3, -0.25) is 9.52 Å². The van der Waals surface area contributed by atoms with Crippen LogP contribution in [-0.4, -0.2) is 26.7 Å². The topological polar surface area (TPSA) is 84.5 Å². The maximum absolute atomic E-state index is 12.5. The molecule has 3 rings (SSSR count). The molecule has 3 aromatic rings. The molecule has 0 aliphatic carbocycles. The normalized spacial score (nSPS) is 12.1. The zero-order valence-electron chi connectivity index (χ0n) is 16.1. The highest BCUT2D eigenvalue weighted by Gasteiger charge is 2.17. The largest absolute Gasteiger partial charge is 0.481 e. The van der Waals surface area contributed by atoms with Crippen LogP contribution in [0.25, 0.3) is 11.1 Å². The molecule has 6 nitrogen and oxygen atoms in total. The Bertz CT molecular complexity index is 1080. The molecule has 0 saturated heterocycles. The second kappa shape index (κ2) is 8.79. The third-order valence-electron chi connectivity index (χ3n) is 4.12. The molecule has 0 aliphatic rings. The van der Waals surface area contributed by atoms with Crippen molar-refractivity contribution in [1.82, 2.24) is 0 Å². The average Bonchev–Trinajstić information content (AvgIpc) is 2.69. The number of carbonyl (C=O) groups is 1. The summed E-state index contributed by atoms with van der Waals surface area (Å²) in [5.41, 5.74) is 2.80. The van der Waals surface area contributed by atoms with E-state index in [0.717, 1.165) is 17.4 Å². The van der Waals surface area contributed by atoms with Gasteiger partial charge in [-0.2, -0.15) is 0 Å². The number of rotatable bonds is 7. The summed E-state index contributed by atoms with van der Waals surface area (Å²) in [5, 5.41) is 2.70. The van der Waals surface area contributed by atoms with E-state index in [1.165, 1.54) is 0 Å². The Morgan fingerprint density at radius 2 is 1.38 bits per heavy atom. The highest BCUT2D eigenvalue weighted by atomic mass is 32.2. The van der Waals surface area contributed by atoms with Gasteiger partial charge < -0.3 is 10.1 Å². The molecule has 1 unspecified atom stereocenters. The van der Waals surface area contributed by atoms with Gasteiger partial charge in [0.25, 0.3) is 5.91 Å². The minimum atomic E-state index is -3.46. The van der Waals surface area contributed by atoms with E-state index < -0.39 is 16.1 Å². The minimum absolute atomic E-state index is 0.294. The van der Waals surface area contributed by atoms with Crippen LogP contribution in [0.1, 0.15) is 6.92 Å². The number of hydrogen-bond donors (Lipinski definition) is 2. The van der Waals surface area contributed by atoms with Crippen LogP contribution in [0.3, 0.4) is 0 Å². The molecule has 29 heavy (non-hydrogen) atoms. The molecule has 150 valence electrons. The summed E-state index contributed by atoms with van der Waals surface area (Å²) >= 11 is 0. The average molecular weight is 410 g/mol. The van der Waals surface area contributed by atoms with E-state index in [4.69, 9.17) is 4.74 Å². The van der Waals surface area contributed by atoms with Crippen LogP contribution in [-0.2, 0) is 14.8 Å². The van der Waals surface area contributed by atoms with Gasteiger partial charge in [-0.25, -0.2) is 8.42 Å². The van der Waals surface area contributed by atoms with E-state index in [0.29, 0.717) is 17.1 Å². The molecule has 0 bridgehead atoms. The van der Waals surface area contributed by atoms with Crippen molar-refractivity contribution >= 4 is 27.3 Å². The smallest absolute Gasteiger partial charge is 0.265 e.